The zero-order valence-corrected chi connectivity index (χ0v) is 11.0. The Kier molecular flexibility index (Phi) is 3.93. The Morgan fingerprint density at radius 1 is 1.35 bits per heavy atom. The van der Waals surface area contributed by atoms with Gasteiger partial charge in [-0.2, -0.15) is 0 Å². The topological polar surface area (TPSA) is 38.0 Å². The molecule has 1 aromatic carbocycles. The van der Waals surface area contributed by atoms with Crippen LogP contribution in [0.15, 0.2) is 18.2 Å². The number of aryl methyl sites for hydroxylation is 1. The van der Waals surface area contributed by atoms with Crippen LogP contribution in [-0.2, 0) is 0 Å². The van der Waals surface area contributed by atoms with Gasteiger partial charge in [0.25, 0.3) is 0 Å². The van der Waals surface area contributed by atoms with Gasteiger partial charge in [0, 0.05) is 17.9 Å². The molecule has 0 saturated heterocycles. The van der Waals surface area contributed by atoms with Crippen molar-refractivity contribution in [2.75, 3.05) is 17.6 Å². The molecular formula is C15H24N2. The second-order valence-electron chi connectivity index (χ2n) is 5.59. The van der Waals surface area contributed by atoms with E-state index in [0.29, 0.717) is 0 Å². The molecule has 0 heterocycles. The highest BCUT2D eigenvalue weighted by atomic mass is 14.9. The fourth-order valence-corrected chi connectivity index (χ4v) is 2.83. The van der Waals surface area contributed by atoms with Gasteiger partial charge in [0.05, 0.1) is 0 Å². The Hall–Kier alpha value is -1.18. The van der Waals surface area contributed by atoms with Crippen LogP contribution in [0.3, 0.4) is 0 Å². The quantitative estimate of drug-likeness (QED) is 0.778. The molecule has 2 heteroatoms. The number of hydrogen-bond acceptors (Lipinski definition) is 2. The molecule has 1 aliphatic carbocycles. The lowest BCUT2D eigenvalue weighted by Gasteiger charge is -2.27. The Morgan fingerprint density at radius 2 is 2.18 bits per heavy atom. The van der Waals surface area contributed by atoms with E-state index in [0.717, 1.165) is 24.1 Å². The lowest BCUT2D eigenvalue weighted by Crippen LogP contribution is -2.21. The van der Waals surface area contributed by atoms with Gasteiger partial charge in [-0.25, -0.2) is 0 Å². The molecule has 1 saturated carbocycles. The molecule has 1 fully saturated rings. The SMILES string of the molecule is Cc1ccc(N)cc1NCC1CCCC(C)C1. The minimum absolute atomic E-state index is 0.833. The number of benzene rings is 1. The summed E-state index contributed by atoms with van der Waals surface area (Å²) in [6.07, 6.45) is 5.55. The van der Waals surface area contributed by atoms with Crippen molar-refractivity contribution in [3.8, 4) is 0 Å². The molecule has 94 valence electrons. The van der Waals surface area contributed by atoms with Crippen LogP contribution in [0.5, 0.6) is 0 Å². The first-order valence-electron chi connectivity index (χ1n) is 6.75. The summed E-state index contributed by atoms with van der Waals surface area (Å²) in [5.74, 6) is 1.73. The predicted molar refractivity (Wildman–Crippen MR) is 75.2 cm³/mol. The van der Waals surface area contributed by atoms with Crippen LogP contribution in [0.25, 0.3) is 0 Å². The van der Waals surface area contributed by atoms with Crippen molar-refractivity contribution < 1.29 is 0 Å². The lowest BCUT2D eigenvalue weighted by atomic mass is 9.82. The fourth-order valence-electron chi connectivity index (χ4n) is 2.83. The van der Waals surface area contributed by atoms with Crippen LogP contribution in [-0.4, -0.2) is 6.54 Å². The van der Waals surface area contributed by atoms with E-state index in [-0.39, 0.29) is 0 Å². The summed E-state index contributed by atoms with van der Waals surface area (Å²) in [6, 6.07) is 6.09. The van der Waals surface area contributed by atoms with Crippen LogP contribution in [0.4, 0.5) is 11.4 Å². The highest BCUT2D eigenvalue weighted by Crippen LogP contribution is 2.29. The van der Waals surface area contributed by atoms with Crippen molar-refractivity contribution in [3.05, 3.63) is 23.8 Å². The minimum atomic E-state index is 0.833. The van der Waals surface area contributed by atoms with Gasteiger partial charge in [0.15, 0.2) is 0 Å². The second-order valence-corrected chi connectivity index (χ2v) is 5.59. The number of hydrogen-bond donors (Lipinski definition) is 2. The molecule has 0 aliphatic heterocycles. The highest BCUT2D eigenvalue weighted by molar-refractivity contribution is 5.59. The third kappa shape index (κ3) is 3.39. The zero-order valence-electron chi connectivity index (χ0n) is 11.0. The van der Waals surface area contributed by atoms with Gasteiger partial charge in [-0.05, 0) is 49.3 Å². The molecule has 0 spiro atoms. The van der Waals surface area contributed by atoms with E-state index >= 15 is 0 Å². The van der Waals surface area contributed by atoms with Gasteiger partial charge in [0.2, 0.25) is 0 Å². The Bertz CT molecular complexity index is 373. The Balaban J connectivity index is 1.90. The summed E-state index contributed by atoms with van der Waals surface area (Å²) in [6.45, 7) is 5.60. The summed E-state index contributed by atoms with van der Waals surface area (Å²) in [4.78, 5) is 0. The summed E-state index contributed by atoms with van der Waals surface area (Å²) < 4.78 is 0. The normalized spacial score (nSPS) is 24.6. The molecule has 2 rings (SSSR count). The maximum atomic E-state index is 5.82. The Labute approximate surface area is 105 Å². The summed E-state index contributed by atoms with van der Waals surface area (Å²) in [7, 11) is 0. The molecule has 2 nitrogen and oxygen atoms in total. The molecule has 0 amide bonds. The van der Waals surface area contributed by atoms with Crippen LogP contribution in [0, 0.1) is 18.8 Å². The van der Waals surface area contributed by atoms with Crippen LogP contribution >= 0.6 is 0 Å². The van der Waals surface area contributed by atoms with E-state index in [9.17, 15) is 0 Å². The van der Waals surface area contributed by atoms with E-state index in [1.807, 2.05) is 12.1 Å². The highest BCUT2D eigenvalue weighted by Gasteiger charge is 2.18. The first kappa shape index (κ1) is 12.3. The van der Waals surface area contributed by atoms with E-state index in [4.69, 9.17) is 5.73 Å². The van der Waals surface area contributed by atoms with Crippen molar-refractivity contribution in [3.63, 3.8) is 0 Å². The van der Waals surface area contributed by atoms with E-state index in [1.54, 1.807) is 0 Å². The monoisotopic (exact) mass is 232 g/mol. The molecule has 0 aromatic heterocycles. The first-order chi connectivity index (χ1) is 8.15. The molecule has 0 radical (unpaired) electrons. The van der Waals surface area contributed by atoms with Crippen LogP contribution in [0.1, 0.15) is 38.2 Å². The van der Waals surface area contributed by atoms with Gasteiger partial charge in [-0.1, -0.05) is 25.8 Å². The lowest BCUT2D eigenvalue weighted by molar-refractivity contribution is 0.293. The second kappa shape index (κ2) is 5.44. The van der Waals surface area contributed by atoms with Gasteiger partial charge >= 0.3 is 0 Å². The fraction of sp³-hybridized carbons (Fsp3) is 0.600. The Morgan fingerprint density at radius 3 is 2.94 bits per heavy atom. The molecule has 2 atom stereocenters. The molecule has 2 unspecified atom stereocenters. The molecule has 3 N–H and O–H groups in total. The minimum Gasteiger partial charge on any atom is -0.399 e. The van der Waals surface area contributed by atoms with Crippen molar-refractivity contribution in [2.24, 2.45) is 11.8 Å². The summed E-state index contributed by atoms with van der Waals surface area (Å²) in [5, 5.41) is 3.56. The maximum absolute atomic E-state index is 5.82. The van der Waals surface area contributed by atoms with Crippen molar-refractivity contribution in [1.82, 2.24) is 0 Å². The standard InChI is InChI=1S/C15H24N2/c1-11-4-3-5-13(8-11)10-17-15-9-14(16)7-6-12(15)2/h6-7,9,11,13,17H,3-5,8,10,16H2,1-2H3. The summed E-state index contributed by atoms with van der Waals surface area (Å²) >= 11 is 0. The third-order valence-corrected chi connectivity index (χ3v) is 3.89. The van der Waals surface area contributed by atoms with Gasteiger partial charge in [-0.15, -0.1) is 0 Å². The third-order valence-electron chi connectivity index (χ3n) is 3.89. The van der Waals surface area contributed by atoms with Gasteiger partial charge in [-0.3, -0.25) is 0 Å². The van der Waals surface area contributed by atoms with E-state index < -0.39 is 0 Å². The zero-order chi connectivity index (χ0) is 12.3. The van der Waals surface area contributed by atoms with E-state index in [2.05, 4.69) is 25.2 Å². The number of nitrogen functional groups attached to an aromatic ring is 1. The molecule has 0 bridgehead atoms. The predicted octanol–water partition coefficient (Wildman–Crippen LogP) is 3.82. The van der Waals surface area contributed by atoms with Crippen molar-refractivity contribution in [2.45, 2.75) is 39.5 Å². The van der Waals surface area contributed by atoms with Crippen molar-refractivity contribution in [1.29, 1.82) is 0 Å². The molecule has 1 aromatic rings. The number of nitrogens with one attached hydrogen (secondary N) is 1. The maximum Gasteiger partial charge on any atom is 0.0390 e. The largest absolute Gasteiger partial charge is 0.399 e. The molecule has 1 aliphatic rings. The number of anilines is 2. The van der Waals surface area contributed by atoms with Crippen LogP contribution in [0.2, 0.25) is 0 Å². The molecular weight excluding hydrogens is 208 g/mol. The van der Waals surface area contributed by atoms with Crippen molar-refractivity contribution >= 4 is 11.4 Å². The summed E-state index contributed by atoms with van der Waals surface area (Å²) in [5.41, 5.74) is 9.14. The number of rotatable bonds is 3. The van der Waals surface area contributed by atoms with E-state index in [1.165, 1.54) is 36.9 Å². The van der Waals surface area contributed by atoms with Gasteiger partial charge < -0.3 is 11.1 Å². The van der Waals surface area contributed by atoms with Gasteiger partial charge in [0.1, 0.15) is 0 Å². The van der Waals surface area contributed by atoms with Crippen LogP contribution < -0.4 is 11.1 Å². The smallest absolute Gasteiger partial charge is 0.0390 e. The number of nitrogens with two attached hydrogens (primary N) is 1. The average molecular weight is 232 g/mol. The average Bonchev–Trinajstić information content (AvgIpc) is 2.30. The first-order valence-corrected chi connectivity index (χ1v) is 6.75. The molecule has 17 heavy (non-hydrogen) atoms.